The molecule has 0 spiro atoms. The number of hydrogen-bond acceptors (Lipinski definition) is 3. The number of hydrogen-bond donors (Lipinski definition) is 3. The molecule has 3 nitrogen and oxygen atoms in total. The van der Waals surface area contributed by atoms with Crippen molar-refractivity contribution in [2.24, 2.45) is 17.2 Å². The molecule has 2 aromatic rings. The molecule has 0 saturated carbocycles. The molecule has 0 radical (unpaired) electrons. The summed E-state index contributed by atoms with van der Waals surface area (Å²) in [5.74, 6) is 0. The lowest BCUT2D eigenvalue weighted by Crippen LogP contribution is -2.45. The summed E-state index contributed by atoms with van der Waals surface area (Å²) in [5, 5.41) is 0. The summed E-state index contributed by atoms with van der Waals surface area (Å²) in [7, 11) is 0. The molecule has 0 saturated heterocycles. The highest BCUT2D eigenvalue weighted by atomic mass is 14.8. The lowest BCUT2D eigenvalue weighted by molar-refractivity contribution is 0.551. The van der Waals surface area contributed by atoms with Crippen LogP contribution < -0.4 is 17.2 Å². The van der Waals surface area contributed by atoms with Crippen molar-refractivity contribution in [3.63, 3.8) is 0 Å². The van der Waals surface area contributed by atoms with Gasteiger partial charge < -0.3 is 17.2 Å². The van der Waals surface area contributed by atoms with Gasteiger partial charge in [0.2, 0.25) is 0 Å². The third kappa shape index (κ3) is 2.84. The molecule has 0 heterocycles. The molecular weight excluding hydrogens is 234 g/mol. The van der Waals surface area contributed by atoms with Crippen LogP contribution >= 0.6 is 0 Å². The van der Waals surface area contributed by atoms with Gasteiger partial charge in [-0.1, -0.05) is 54.6 Å². The number of nitrogens with two attached hydrogens (primary N) is 3. The predicted octanol–water partition coefficient (Wildman–Crippen LogP) is 1.35. The van der Waals surface area contributed by atoms with E-state index in [0.29, 0.717) is 13.1 Å². The first kappa shape index (κ1) is 13.7. The van der Waals surface area contributed by atoms with Crippen LogP contribution in [0.2, 0.25) is 0 Å². The van der Waals surface area contributed by atoms with Crippen molar-refractivity contribution in [2.75, 3.05) is 13.1 Å². The summed E-state index contributed by atoms with van der Waals surface area (Å²) in [4.78, 5) is 0. The fourth-order valence-electron chi connectivity index (χ4n) is 2.27. The average Bonchev–Trinajstić information content (AvgIpc) is 2.48. The standard InChI is InChI=1S/C16H21N3/c17-11-10-13-6-8-15(9-7-13)16(19,12-18)14-4-2-1-3-5-14/h1-9H,10-12,17-19H2. The van der Waals surface area contributed by atoms with Crippen LogP contribution in [0.1, 0.15) is 16.7 Å². The Morgan fingerprint density at radius 2 is 1.37 bits per heavy atom. The molecule has 0 bridgehead atoms. The van der Waals surface area contributed by atoms with E-state index in [4.69, 9.17) is 17.2 Å². The lowest BCUT2D eigenvalue weighted by Gasteiger charge is -2.29. The second kappa shape index (κ2) is 5.97. The summed E-state index contributed by atoms with van der Waals surface area (Å²) in [6.07, 6.45) is 0.881. The summed E-state index contributed by atoms with van der Waals surface area (Å²) in [6.45, 7) is 1.02. The molecular formula is C16H21N3. The largest absolute Gasteiger partial charge is 0.330 e. The van der Waals surface area contributed by atoms with Crippen molar-refractivity contribution in [3.8, 4) is 0 Å². The van der Waals surface area contributed by atoms with Gasteiger partial charge in [0.1, 0.15) is 0 Å². The van der Waals surface area contributed by atoms with Gasteiger partial charge in [-0.05, 0) is 29.7 Å². The van der Waals surface area contributed by atoms with E-state index < -0.39 is 5.54 Å². The minimum atomic E-state index is -0.636. The molecule has 0 amide bonds. The van der Waals surface area contributed by atoms with Crippen molar-refractivity contribution in [3.05, 3.63) is 71.3 Å². The third-order valence-electron chi connectivity index (χ3n) is 3.51. The van der Waals surface area contributed by atoms with E-state index in [0.717, 1.165) is 17.5 Å². The van der Waals surface area contributed by atoms with Gasteiger partial charge in [-0.2, -0.15) is 0 Å². The van der Waals surface area contributed by atoms with Crippen molar-refractivity contribution in [1.82, 2.24) is 0 Å². The molecule has 0 aliphatic carbocycles. The minimum Gasteiger partial charge on any atom is -0.330 e. The van der Waals surface area contributed by atoms with Crippen molar-refractivity contribution < 1.29 is 0 Å². The zero-order valence-corrected chi connectivity index (χ0v) is 11.0. The monoisotopic (exact) mass is 255 g/mol. The first-order valence-electron chi connectivity index (χ1n) is 6.54. The molecule has 0 aliphatic rings. The van der Waals surface area contributed by atoms with Crippen LogP contribution in [0.5, 0.6) is 0 Å². The molecule has 100 valence electrons. The Morgan fingerprint density at radius 1 is 0.789 bits per heavy atom. The smallest absolute Gasteiger partial charge is 0.0789 e. The molecule has 1 unspecified atom stereocenters. The van der Waals surface area contributed by atoms with Crippen LogP contribution in [0.15, 0.2) is 54.6 Å². The summed E-state index contributed by atoms with van der Waals surface area (Å²) in [6, 6.07) is 18.2. The minimum absolute atomic E-state index is 0.368. The van der Waals surface area contributed by atoms with Crippen LogP contribution in [0.4, 0.5) is 0 Å². The molecule has 2 rings (SSSR count). The quantitative estimate of drug-likeness (QED) is 0.754. The third-order valence-corrected chi connectivity index (χ3v) is 3.51. The summed E-state index contributed by atoms with van der Waals surface area (Å²) < 4.78 is 0. The van der Waals surface area contributed by atoms with Gasteiger partial charge >= 0.3 is 0 Å². The first-order valence-corrected chi connectivity index (χ1v) is 6.54. The molecule has 0 aromatic heterocycles. The predicted molar refractivity (Wildman–Crippen MR) is 79.7 cm³/mol. The fraction of sp³-hybridized carbons (Fsp3) is 0.250. The normalized spacial score (nSPS) is 14.1. The molecule has 6 N–H and O–H groups in total. The van der Waals surface area contributed by atoms with Crippen LogP contribution in [0, 0.1) is 0 Å². The molecule has 19 heavy (non-hydrogen) atoms. The van der Waals surface area contributed by atoms with Gasteiger partial charge in [0.25, 0.3) is 0 Å². The van der Waals surface area contributed by atoms with Crippen LogP contribution in [0.25, 0.3) is 0 Å². The maximum Gasteiger partial charge on any atom is 0.0789 e. The van der Waals surface area contributed by atoms with E-state index in [9.17, 15) is 0 Å². The summed E-state index contributed by atoms with van der Waals surface area (Å²) >= 11 is 0. The Labute approximate surface area is 114 Å². The van der Waals surface area contributed by atoms with Gasteiger partial charge in [0.05, 0.1) is 5.54 Å². The van der Waals surface area contributed by atoms with Gasteiger partial charge in [0, 0.05) is 6.54 Å². The zero-order valence-electron chi connectivity index (χ0n) is 11.0. The fourth-order valence-corrected chi connectivity index (χ4v) is 2.27. The van der Waals surface area contributed by atoms with E-state index in [-0.39, 0.29) is 0 Å². The lowest BCUT2D eigenvalue weighted by atomic mass is 9.83. The summed E-state index contributed by atoms with van der Waals surface area (Å²) in [5.41, 5.74) is 20.6. The van der Waals surface area contributed by atoms with Gasteiger partial charge in [-0.15, -0.1) is 0 Å². The second-order valence-electron chi connectivity index (χ2n) is 4.78. The number of benzene rings is 2. The van der Waals surface area contributed by atoms with Crippen LogP contribution in [-0.2, 0) is 12.0 Å². The highest BCUT2D eigenvalue weighted by molar-refractivity contribution is 5.39. The highest BCUT2D eigenvalue weighted by Gasteiger charge is 2.27. The maximum absolute atomic E-state index is 6.51. The Bertz CT molecular complexity index is 507. The number of rotatable bonds is 5. The van der Waals surface area contributed by atoms with E-state index in [1.54, 1.807) is 0 Å². The molecule has 3 heteroatoms. The highest BCUT2D eigenvalue weighted by Crippen LogP contribution is 2.26. The van der Waals surface area contributed by atoms with E-state index in [1.807, 2.05) is 42.5 Å². The van der Waals surface area contributed by atoms with Gasteiger partial charge in [0.15, 0.2) is 0 Å². The SMILES string of the molecule is NCCc1ccc(C(N)(CN)c2ccccc2)cc1. The van der Waals surface area contributed by atoms with Crippen molar-refractivity contribution in [2.45, 2.75) is 12.0 Å². The topological polar surface area (TPSA) is 78.1 Å². The Hall–Kier alpha value is -1.68. The Balaban J connectivity index is 2.36. The van der Waals surface area contributed by atoms with E-state index in [1.165, 1.54) is 5.56 Å². The van der Waals surface area contributed by atoms with Crippen molar-refractivity contribution in [1.29, 1.82) is 0 Å². The van der Waals surface area contributed by atoms with Gasteiger partial charge in [-0.25, -0.2) is 0 Å². The molecule has 1 atom stereocenters. The Kier molecular flexibility index (Phi) is 4.32. The van der Waals surface area contributed by atoms with Crippen LogP contribution in [0.3, 0.4) is 0 Å². The molecule has 0 fully saturated rings. The first-order chi connectivity index (χ1) is 9.20. The molecule has 2 aromatic carbocycles. The maximum atomic E-state index is 6.51. The van der Waals surface area contributed by atoms with Gasteiger partial charge in [-0.3, -0.25) is 0 Å². The van der Waals surface area contributed by atoms with Crippen molar-refractivity contribution >= 4 is 0 Å². The van der Waals surface area contributed by atoms with Crippen LogP contribution in [-0.4, -0.2) is 13.1 Å². The van der Waals surface area contributed by atoms with E-state index in [2.05, 4.69) is 12.1 Å². The zero-order chi connectivity index (χ0) is 13.7. The van der Waals surface area contributed by atoms with E-state index >= 15 is 0 Å². The molecule has 0 aliphatic heterocycles. The average molecular weight is 255 g/mol. The Morgan fingerprint density at radius 3 is 1.89 bits per heavy atom. The second-order valence-corrected chi connectivity index (χ2v) is 4.78.